The highest BCUT2D eigenvalue weighted by molar-refractivity contribution is 7.80. The van der Waals surface area contributed by atoms with Gasteiger partial charge in [0, 0.05) is 11.3 Å². The average molecular weight is 253 g/mol. The van der Waals surface area contributed by atoms with Crippen LogP contribution in [0.1, 0.15) is 5.56 Å². The molecule has 3 aromatic rings. The minimum absolute atomic E-state index is 0.414. The monoisotopic (exact) mass is 253 g/mol. The van der Waals surface area contributed by atoms with Crippen LogP contribution in [0.5, 0.6) is 0 Å². The van der Waals surface area contributed by atoms with Gasteiger partial charge < -0.3 is 5.73 Å². The molecule has 0 bridgehead atoms. The first kappa shape index (κ1) is 10.9. The summed E-state index contributed by atoms with van der Waals surface area (Å²) in [5.41, 5.74) is 9.57. The molecule has 2 N–H and O–H groups in total. The van der Waals surface area contributed by atoms with Crippen molar-refractivity contribution in [2.75, 3.05) is 0 Å². The van der Waals surface area contributed by atoms with Crippen molar-refractivity contribution in [3.05, 3.63) is 60.4 Å². The third-order valence-electron chi connectivity index (χ3n) is 2.88. The van der Waals surface area contributed by atoms with E-state index in [4.69, 9.17) is 18.0 Å². The van der Waals surface area contributed by atoms with Crippen molar-refractivity contribution < 1.29 is 0 Å². The summed E-state index contributed by atoms with van der Waals surface area (Å²) in [4.78, 5) is 4.78. The van der Waals surface area contributed by atoms with Crippen molar-refractivity contribution in [3.8, 4) is 5.69 Å². The summed E-state index contributed by atoms with van der Waals surface area (Å²) < 4.78 is 2.04. The van der Waals surface area contributed by atoms with Crippen molar-refractivity contribution in [2.24, 2.45) is 5.73 Å². The van der Waals surface area contributed by atoms with Gasteiger partial charge in [-0.15, -0.1) is 0 Å². The van der Waals surface area contributed by atoms with Crippen LogP contribution in [0.4, 0.5) is 0 Å². The van der Waals surface area contributed by atoms with Crippen molar-refractivity contribution in [2.45, 2.75) is 0 Å². The molecule has 3 nitrogen and oxygen atoms in total. The Labute approximate surface area is 110 Å². The van der Waals surface area contributed by atoms with Gasteiger partial charge in [0.25, 0.3) is 0 Å². The standard InChI is InChI=1S/C14H11N3S/c15-14(18)10-5-7-11(8-6-10)17-9-16-12-3-1-2-4-13(12)17/h1-9H,(H2,15,18). The molecule has 0 aliphatic carbocycles. The van der Waals surface area contributed by atoms with E-state index in [0.29, 0.717) is 4.99 Å². The highest BCUT2D eigenvalue weighted by Gasteiger charge is 2.04. The van der Waals surface area contributed by atoms with Crippen LogP contribution in [-0.2, 0) is 0 Å². The maximum Gasteiger partial charge on any atom is 0.103 e. The maximum atomic E-state index is 5.59. The lowest BCUT2D eigenvalue weighted by Crippen LogP contribution is -2.09. The van der Waals surface area contributed by atoms with E-state index in [2.05, 4.69) is 4.98 Å². The zero-order chi connectivity index (χ0) is 12.5. The van der Waals surface area contributed by atoms with E-state index in [1.807, 2.05) is 59.4 Å². The van der Waals surface area contributed by atoms with Gasteiger partial charge in [-0.3, -0.25) is 4.57 Å². The van der Waals surface area contributed by atoms with Gasteiger partial charge in [-0.1, -0.05) is 24.4 Å². The number of imidazole rings is 1. The normalized spacial score (nSPS) is 10.7. The largest absolute Gasteiger partial charge is 0.389 e. The Morgan fingerprint density at radius 2 is 1.78 bits per heavy atom. The third-order valence-corrected chi connectivity index (χ3v) is 3.12. The Hall–Kier alpha value is -2.20. The molecule has 3 rings (SSSR count). The number of thiocarbonyl (C=S) groups is 1. The second-order valence-electron chi connectivity index (χ2n) is 4.01. The molecular formula is C14H11N3S. The molecule has 88 valence electrons. The molecule has 2 aromatic carbocycles. The minimum atomic E-state index is 0.414. The summed E-state index contributed by atoms with van der Waals surface area (Å²) in [6, 6.07) is 15.8. The van der Waals surface area contributed by atoms with E-state index >= 15 is 0 Å². The average Bonchev–Trinajstić information content (AvgIpc) is 2.82. The molecule has 1 aromatic heterocycles. The van der Waals surface area contributed by atoms with Crippen LogP contribution < -0.4 is 5.73 Å². The van der Waals surface area contributed by atoms with Crippen LogP contribution in [0, 0.1) is 0 Å². The van der Waals surface area contributed by atoms with Gasteiger partial charge in [0.2, 0.25) is 0 Å². The van der Waals surface area contributed by atoms with Gasteiger partial charge in [0.1, 0.15) is 11.3 Å². The summed E-state index contributed by atoms with van der Waals surface area (Å²) in [5.74, 6) is 0. The fourth-order valence-corrected chi connectivity index (χ4v) is 2.09. The van der Waals surface area contributed by atoms with Crippen LogP contribution >= 0.6 is 12.2 Å². The number of benzene rings is 2. The van der Waals surface area contributed by atoms with Crippen LogP contribution in [0.2, 0.25) is 0 Å². The highest BCUT2D eigenvalue weighted by Crippen LogP contribution is 2.18. The van der Waals surface area contributed by atoms with E-state index in [-0.39, 0.29) is 0 Å². The second-order valence-corrected chi connectivity index (χ2v) is 4.45. The fourth-order valence-electron chi connectivity index (χ4n) is 1.95. The maximum absolute atomic E-state index is 5.59. The van der Waals surface area contributed by atoms with E-state index in [9.17, 15) is 0 Å². The number of rotatable bonds is 2. The number of para-hydroxylation sites is 2. The van der Waals surface area contributed by atoms with Crippen LogP contribution in [0.3, 0.4) is 0 Å². The van der Waals surface area contributed by atoms with Crippen molar-refractivity contribution in [1.29, 1.82) is 0 Å². The number of fused-ring (bicyclic) bond motifs is 1. The van der Waals surface area contributed by atoms with Crippen LogP contribution in [0.15, 0.2) is 54.9 Å². The third kappa shape index (κ3) is 1.76. The first-order valence-corrected chi connectivity index (χ1v) is 5.99. The number of aromatic nitrogens is 2. The van der Waals surface area contributed by atoms with Crippen molar-refractivity contribution in [1.82, 2.24) is 9.55 Å². The van der Waals surface area contributed by atoms with Gasteiger partial charge >= 0.3 is 0 Å². The summed E-state index contributed by atoms with van der Waals surface area (Å²) in [5, 5.41) is 0. The number of hydrogen-bond donors (Lipinski definition) is 1. The fraction of sp³-hybridized carbons (Fsp3) is 0. The smallest absolute Gasteiger partial charge is 0.103 e. The summed E-state index contributed by atoms with van der Waals surface area (Å²) in [7, 11) is 0. The van der Waals surface area contributed by atoms with Crippen molar-refractivity contribution >= 4 is 28.2 Å². The molecule has 0 aliphatic heterocycles. The number of hydrogen-bond acceptors (Lipinski definition) is 2. The van der Waals surface area contributed by atoms with Gasteiger partial charge in [-0.2, -0.15) is 0 Å². The molecule has 0 spiro atoms. The first-order valence-electron chi connectivity index (χ1n) is 5.58. The first-order chi connectivity index (χ1) is 8.75. The minimum Gasteiger partial charge on any atom is -0.389 e. The Morgan fingerprint density at radius 3 is 2.50 bits per heavy atom. The molecule has 0 fully saturated rings. The lowest BCUT2D eigenvalue weighted by atomic mass is 10.2. The van der Waals surface area contributed by atoms with Gasteiger partial charge in [0.15, 0.2) is 0 Å². The molecule has 4 heteroatoms. The summed E-state index contributed by atoms with van der Waals surface area (Å²) >= 11 is 4.94. The summed E-state index contributed by atoms with van der Waals surface area (Å²) in [6.07, 6.45) is 1.82. The molecule has 18 heavy (non-hydrogen) atoms. The van der Waals surface area contributed by atoms with Gasteiger partial charge in [-0.05, 0) is 36.4 Å². The molecule has 0 saturated carbocycles. The molecule has 0 amide bonds. The van der Waals surface area contributed by atoms with E-state index in [0.717, 1.165) is 22.3 Å². The molecular weight excluding hydrogens is 242 g/mol. The van der Waals surface area contributed by atoms with Crippen LogP contribution in [-0.4, -0.2) is 14.5 Å². The molecule has 0 unspecified atom stereocenters. The zero-order valence-electron chi connectivity index (χ0n) is 9.58. The molecule has 1 heterocycles. The molecule has 0 radical (unpaired) electrons. The molecule has 0 aliphatic rings. The second kappa shape index (κ2) is 4.23. The quantitative estimate of drug-likeness (QED) is 0.714. The highest BCUT2D eigenvalue weighted by atomic mass is 32.1. The SMILES string of the molecule is NC(=S)c1ccc(-n2cnc3ccccc32)cc1. The Kier molecular flexibility index (Phi) is 2.57. The summed E-state index contributed by atoms with van der Waals surface area (Å²) in [6.45, 7) is 0. The van der Waals surface area contributed by atoms with E-state index in [1.54, 1.807) is 0 Å². The zero-order valence-corrected chi connectivity index (χ0v) is 10.4. The predicted octanol–water partition coefficient (Wildman–Crippen LogP) is 2.66. The predicted molar refractivity (Wildman–Crippen MR) is 77.0 cm³/mol. The lowest BCUT2D eigenvalue weighted by Gasteiger charge is -2.05. The Balaban J connectivity index is 2.12. The van der Waals surface area contributed by atoms with Crippen LogP contribution in [0.25, 0.3) is 16.7 Å². The van der Waals surface area contributed by atoms with E-state index < -0.39 is 0 Å². The Morgan fingerprint density at radius 1 is 1.06 bits per heavy atom. The topological polar surface area (TPSA) is 43.8 Å². The van der Waals surface area contributed by atoms with Crippen molar-refractivity contribution in [3.63, 3.8) is 0 Å². The Bertz CT molecular complexity index is 713. The molecule has 0 saturated heterocycles. The van der Waals surface area contributed by atoms with Gasteiger partial charge in [-0.25, -0.2) is 4.98 Å². The van der Waals surface area contributed by atoms with Gasteiger partial charge in [0.05, 0.1) is 11.0 Å². The molecule has 0 atom stereocenters. The number of nitrogens with zero attached hydrogens (tertiary/aromatic N) is 2. The van der Waals surface area contributed by atoms with E-state index in [1.165, 1.54) is 0 Å². The lowest BCUT2D eigenvalue weighted by molar-refractivity contribution is 1.09. The number of nitrogens with two attached hydrogens (primary N) is 1.